The Morgan fingerprint density at radius 2 is 2.00 bits per heavy atom. The second-order valence-corrected chi connectivity index (χ2v) is 8.04. The first kappa shape index (κ1) is 16.7. The van der Waals surface area contributed by atoms with Gasteiger partial charge in [-0.15, -0.1) is 0 Å². The second kappa shape index (κ2) is 6.64. The highest BCUT2D eigenvalue weighted by molar-refractivity contribution is 9.10. The summed E-state index contributed by atoms with van der Waals surface area (Å²) in [6.45, 7) is 0. The Bertz CT molecular complexity index is 650. The zero-order valence-corrected chi connectivity index (χ0v) is 14.2. The van der Waals surface area contributed by atoms with Gasteiger partial charge in [0.25, 0.3) is 0 Å². The van der Waals surface area contributed by atoms with E-state index in [-0.39, 0.29) is 9.92 Å². The molecule has 0 radical (unpaired) electrons. The van der Waals surface area contributed by atoms with Crippen LogP contribution in [0.3, 0.4) is 0 Å². The number of sulfonamides is 1. The van der Waals surface area contributed by atoms with Gasteiger partial charge in [-0.2, -0.15) is 0 Å². The molecule has 0 aliphatic heterocycles. The Balaban J connectivity index is 2.25. The van der Waals surface area contributed by atoms with Crippen LogP contribution in [0.2, 0.25) is 5.02 Å². The molecule has 1 aliphatic rings. The van der Waals surface area contributed by atoms with E-state index in [1.54, 1.807) is 6.07 Å². The van der Waals surface area contributed by atoms with Crippen LogP contribution >= 0.6 is 27.5 Å². The van der Waals surface area contributed by atoms with E-state index in [0.29, 0.717) is 17.3 Å². The van der Waals surface area contributed by atoms with Crippen LogP contribution in [0.1, 0.15) is 25.7 Å². The number of carboxylic acid groups (broad SMARTS) is 1. The molecule has 1 aromatic carbocycles. The predicted molar refractivity (Wildman–Crippen MR) is 82.9 cm³/mol. The Morgan fingerprint density at radius 1 is 1.33 bits per heavy atom. The normalized spacial score (nSPS) is 23.0. The van der Waals surface area contributed by atoms with Gasteiger partial charge in [0.2, 0.25) is 10.0 Å². The van der Waals surface area contributed by atoms with Gasteiger partial charge in [-0.05, 0) is 31.0 Å². The van der Waals surface area contributed by atoms with Crippen LogP contribution in [-0.4, -0.2) is 25.5 Å². The number of carbonyl (C=O) groups is 1. The Kier molecular flexibility index (Phi) is 5.29. The summed E-state index contributed by atoms with van der Waals surface area (Å²) in [5.41, 5.74) is 0. The monoisotopic (exact) mass is 395 g/mol. The maximum Gasteiger partial charge on any atom is 0.308 e. The van der Waals surface area contributed by atoms with Crippen molar-refractivity contribution >= 4 is 43.5 Å². The summed E-state index contributed by atoms with van der Waals surface area (Å²) in [4.78, 5) is 11.2. The molecule has 1 aliphatic carbocycles. The van der Waals surface area contributed by atoms with Crippen molar-refractivity contribution in [1.29, 1.82) is 0 Å². The van der Waals surface area contributed by atoms with Crippen molar-refractivity contribution in [1.82, 2.24) is 4.72 Å². The highest BCUT2D eigenvalue weighted by Crippen LogP contribution is 2.29. The number of rotatable bonds is 4. The summed E-state index contributed by atoms with van der Waals surface area (Å²) in [6, 6.07) is 3.87. The molecule has 0 spiro atoms. The smallest absolute Gasteiger partial charge is 0.308 e. The third kappa shape index (κ3) is 3.97. The number of benzene rings is 1. The van der Waals surface area contributed by atoms with Crippen molar-refractivity contribution in [3.8, 4) is 0 Å². The minimum atomic E-state index is -3.84. The molecule has 5 nitrogen and oxygen atoms in total. The molecule has 0 bridgehead atoms. The molecule has 0 aromatic heterocycles. The molecule has 1 saturated carbocycles. The van der Waals surface area contributed by atoms with Crippen LogP contribution < -0.4 is 4.72 Å². The van der Waals surface area contributed by atoms with Gasteiger partial charge >= 0.3 is 5.97 Å². The molecule has 1 aromatic rings. The van der Waals surface area contributed by atoms with Crippen molar-refractivity contribution in [2.45, 2.75) is 36.6 Å². The van der Waals surface area contributed by atoms with Crippen LogP contribution in [-0.2, 0) is 14.8 Å². The lowest BCUT2D eigenvalue weighted by Gasteiger charge is -2.29. The van der Waals surface area contributed by atoms with Crippen LogP contribution in [0.5, 0.6) is 0 Å². The van der Waals surface area contributed by atoms with E-state index in [0.717, 1.165) is 12.8 Å². The third-order valence-electron chi connectivity index (χ3n) is 3.57. The molecule has 2 atom stereocenters. The van der Waals surface area contributed by atoms with E-state index >= 15 is 0 Å². The van der Waals surface area contributed by atoms with Crippen molar-refractivity contribution in [2.24, 2.45) is 5.92 Å². The number of hydrogen-bond acceptors (Lipinski definition) is 3. The number of hydrogen-bond donors (Lipinski definition) is 2. The molecule has 1 fully saturated rings. The number of nitrogens with one attached hydrogen (secondary N) is 1. The van der Waals surface area contributed by atoms with Crippen LogP contribution in [0.4, 0.5) is 0 Å². The SMILES string of the molecule is O=C(O)C1CCCCC1NS(=O)(=O)c1ccc(Br)cc1Cl. The molecule has 2 N–H and O–H groups in total. The zero-order chi connectivity index (χ0) is 15.6. The Hall–Kier alpha value is -0.630. The standard InChI is InChI=1S/C13H15BrClNO4S/c14-8-5-6-12(10(15)7-8)21(19,20)16-11-4-2-1-3-9(11)13(17)18/h5-7,9,11,16H,1-4H2,(H,17,18). The molecule has 2 unspecified atom stereocenters. The van der Waals surface area contributed by atoms with Gasteiger partial charge in [0.05, 0.1) is 10.9 Å². The maximum absolute atomic E-state index is 12.4. The summed E-state index contributed by atoms with van der Waals surface area (Å²) < 4.78 is 28.0. The van der Waals surface area contributed by atoms with Gasteiger partial charge in [-0.1, -0.05) is 40.4 Å². The first-order chi connectivity index (χ1) is 9.81. The molecule has 0 heterocycles. The molecule has 0 amide bonds. The fraction of sp³-hybridized carbons (Fsp3) is 0.462. The lowest BCUT2D eigenvalue weighted by molar-refractivity contribution is -0.143. The second-order valence-electron chi connectivity index (χ2n) is 5.03. The molecule has 0 saturated heterocycles. The van der Waals surface area contributed by atoms with E-state index in [4.69, 9.17) is 11.6 Å². The van der Waals surface area contributed by atoms with E-state index in [2.05, 4.69) is 20.7 Å². The Morgan fingerprint density at radius 3 is 2.62 bits per heavy atom. The van der Waals surface area contributed by atoms with E-state index in [1.807, 2.05) is 0 Å². The first-order valence-electron chi connectivity index (χ1n) is 6.51. The molecule has 8 heteroatoms. The number of aliphatic carboxylic acids is 1. The number of carboxylic acids is 1. The van der Waals surface area contributed by atoms with Crippen LogP contribution in [0, 0.1) is 5.92 Å². The van der Waals surface area contributed by atoms with Gasteiger partial charge in [-0.3, -0.25) is 4.79 Å². The third-order valence-corrected chi connectivity index (χ3v) is 6.04. The minimum absolute atomic E-state index is 0.0397. The minimum Gasteiger partial charge on any atom is -0.481 e. The van der Waals surface area contributed by atoms with Crippen molar-refractivity contribution < 1.29 is 18.3 Å². The van der Waals surface area contributed by atoms with Crippen molar-refractivity contribution in [2.75, 3.05) is 0 Å². The van der Waals surface area contributed by atoms with E-state index in [9.17, 15) is 18.3 Å². The highest BCUT2D eigenvalue weighted by Gasteiger charge is 2.34. The summed E-state index contributed by atoms with van der Waals surface area (Å²) in [5.74, 6) is -1.66. The van der Waals surface area contributed by atoms with Gasteiger partial charge in [0.1, 0.15) is 4.90 Å². The van der Waals surface area contributed by atoms with Crippen molar-refractivity contribution in [3.05, 3.63) is 27.7 Å². The zero-order valence-electron chi connectivity index (χ0n) is 11.1. The largest absolute Gasteiger partial charge is 0.481 e. The molecular weight excluding hydrogens is 382 g/mol. The molecular formula is C13H15BrClNO4S. The van der Waals surface area contributed by atoms with Gasteiger partial charge in [0, 0.05) is 10.5 Å². The summed E-state index contributed by atoms with van der Waals surface area (Å²) in [7, 11) is -3.84. The van der Waals surface area contributed by atoms with Gasteiger partial charge in [0.15, 0.2) is 0 Å². The van der Waals surface area contributed by atoms with Crippen molar-refractivity contribution in [3.63, 3.8) is 0 Å². The number of halogens is 2. The summed E-state index contributed by atoms with van der Waals surface area (Å²) in [5, 5.41) is 9.30. The maximum atomic E-state index is 12.4. The average Bonchev–Trinajstić information content (AvgIpc) is 2.37. The predicted octanol–water partition coefficient (Wildman–Crippen LogP) is 3.02. The lowest BCUT2D eigenvalue weighted by atomic mass is 9.85. The fourth-order valence-corrected chi connectivity index (χ4v) is 4.87. The fourth-order valence-electron chi connectivity index (χ4n) is 2.52. The van der Waals surface area contributed by atoms with E-state index in [1.165, 1.54) is 12.1 Å². The first-order valence-corrected chi connectivity index (χ1v) is 9.17. The molecule has 2 rings (SSSR count). The Labute approximate surface area is 136 Å². The van der Waals surface area contributed by atoms with E-state index < -0.39 is 28.0 Å². The van der Waals surface area contributed by atoms with Crippen LogP contribution in [0.25, 0.3) is 0 Å². The summed E-state index contributed by atoms with van der Waals surface area (Å²) >= 11 is 9.18. The molecule has 116 valence electrons. The highest BCUT2D eigenvalue weighted by atomic mass is 79.9. The molecule has 21 heavy (non-hydrogen) atoms. The quantitative estimate of drug-likeness (QED) is 0.819. The topological polar surface area (TPSA) is 83.5 Å². The van der Waals surface area contributed by atoms with Crippen LogP contribution in [0.15, 0.2) is 27.6 Å². The lowest BCUT2D eigenvalue weighted by Crippen LogP contribution is -2.45. The summed E-state index contributed by atoms with van der Waals surface area (Å²) in [6.07, 6.45) is 2.61. The average molecular weight is 397 g/mol. The van der Waals surface area contributed by atoms with Gasteiger partial charge < -0.3 is 5.11 Å². The van der Waals surface area contributed by atoms with Gasteiger partial charge in [-0.25, -0.2) is 13.1 Å².